The Bertz CT molecular complexity index is 388. The van der Waals surface area contributed by atoms with Crippen molar-refractivity contribution < 1.29 is 4.79 Å². The lowest BCUT2D eigenvalue weighted by Gasteiger charge is -2.38. The van der Waals surface area contributed by atoms with E-state index in [1.54, 1.807) is 18.2 Å². The van der Waals surface area contributed by atoms with Gasteiger partial charge in [-0.15, -0.1) is 0 Å². The first-order valence-electron chi connectivity index (χ1n) is 5.04. The van der Waals surface area contributed by atoms with E-state index < -0.39 is 0 Å². The van der Waals surface area contributed by atoms with Gasteiger partial charge < -0.3 is 5.32 Å². The summed E-state index contributed by atoms with van der Waals surface area (Å²) in [6, 6.07) is 5.06. The highest BCUT2D eigenvalue weighted by Gasteiger charge is 2.33. The lowest BCUT2D eigenvalue weighted by molar-refractivity contribution is 0.0845. The van der Waals surface area contributed by atoms with Crippen molar-refractivity contribution in [1.29, 1.82) is 0 Å². The fraction of sp³-hybridized carbons (Fsp3) is 0.455. The van der Waals surface area contributed by atoms with Crippen LogP contribution in [0.5, 0.6) is 0 Å². The van der Waals surface area contributed by atoms with Crippen LogP contribution in [0.25, 0.3) is 0 Å². The molecule has 0 radical (unpaired) electrons. The molecule has 0 bridgehead atoms. The highest BCUT2D eigenvalue weighted by Crippen LogP contribution is 2.31. The Morgan fingerprint density at radius 2 is 2.27 bits per heavy atom. The highest BCUT2D eigenvalue weighted by atomic mass is 35.5. The quantitative estimate of drug-likeness (QED) is 0.784. The van der Waals surface area contributed by atoms with Crippen molar-refractivity contribution in [2.45, 2.75) is 31.7 Å². The first kappa shape index (κ1) is 10.4. The van der Waals surface area contributed by atoms with Crippen molar-refractivity contribution in [3.63, 3.8) is 0 Å². The number of hydrogen-bond acceptors (Lipinski definition) is 2. The minimum Gasteiger partial charge on any atom is -0.346 e. The summed E-state index contributed by atoms with van der Waals surface area (Å²) in [7, 11) is 0. The summed E-state index contributed by atoms with van der Waals surface area (Å²) >= 11 is 5.72. The molecule has 4 heteroatoms. The molecule has 0 aliphatic heterocycles. The number of nitrogens with one attached hydrogen (secondary N) is 1. The van der Waals surface area contributed by atoms with E-state index in [2.05, 4.69) is 17.2 Å². The minimum atomic E-state index is -0.139. The summed E-state index contributed by atoms with van der Waals surface area (Å²) in [6.07, 6.45) is 3.26. The smallest absolute Gasteiger partial charge is 0.270 e. The van der Waals surface area contributed by atoms with Gasteiger partial charge in [0.05, 0.1) is 0 Å². The number of hydrogen-bond donors (Lipinski definition) is 1. The number of pyridine rings is 1. The zero-order chi connectivity index (χ0) is 10.9. The van der Waals surface area contributed by atoms with Crippen LogP contribution in [0.3, 0.4) is 0 Å². The molecule has 1 aromatic heterocycles. The normalized spacial score (nSPS) is 18.0. The average molecular weight is 225 g/mol. The van der Waals surface area contributed by atoms with Crippen molar-refractivity contribution in [3.8, 4) is 0 Å². The second-order valence-corrected chi connectivity index (χ2v) is 4.60. The molecule has 1 saturated carbocycles. The molecule has 80 valence electrons. The number of nitrogens with zero attached hydrogens (tertiary/aromatic N) is 1. The SMILES string of the molecule is CC1(NC(=O)c2cccc(Cl)n2)CCC1. The highest BCUT2D eigenvalue weighted by molar-refractivity contribution is 6.29. The van der Waals surface area contributed by atoms with Crippen LogP contribution in [-0.2, 0) is 0 Å². The first-order chi connectivity index (χ1) is 7.09. The second-order valence-electron chi connectivity index (χ2n) is 4.21. The molecule has 15 heavy (non-hydrogen) atoms. The van der Waals surface area contributed by atoms with E-state index in [1.807, 2.05) is 0 Å². The van der Waals surface area contributed by atoms with Gasteiger partial charge in [0.25, 0.3) is 5.91 Å². The zero-order valence-electron chi connectivity index (χ0n) is 8.59. The van der Waals surface area contributed by atoms with Gasteiger partial charge in [0.15, 0.2) is 0 Å². The van der Waals surface area contributed by atoms with Gasteiger partial charge in [-0.05, 0) is 38.3 Å². The van der Waals surface area contributed by atoms with E-state index >= 15 is 0 Å². The summed E-state index contributed by atoms with van der Waals surface area (Å²) in [5.41, 5.74) is 0.344. The fourth-order valence-corrected chi connectivity index (χ4v) is 1.87. The topological polar surface area (TPSA) is 42.0 Å². The van der Waals surface area contributed by atoms with Crippen LogP contribution in [0.1, 0.15) is 36.7 Å². The van der Waals surface area contributed by atoms with Crippen LogP contribution in [0.4, 0.5) is 0 Å². The molecule has 0 saturated heterocycles. The molecule has 1 amide bonds. The van der Waals surface area contributed by atoms with Crippen LogP contribution in [0.2, 0.25) is 5.15 Å². The van der Waals surface area contributed by atoms with E-state index in [0.717, 1.165) is 12.8 Å². The molecule has 2 rings (SSSR count). The lowest BCUT2D eigenvalue weighted by Crippen LogP contribution is -2.51. The number of carbonyl (C=O) groups is 1. The van der Waals surface area contributed by atoms with E-state index in [4.69, 9.17) is 11.6 Å². The van der Waals surface area contributed by atoms with Gasteiger partial charge in [0.2, 0.25) is 0 Å². The molecule has 1 fully saturated rings. The largest absolute Gasteiger partial charge is 0.346 e. The molecule has 1 aromatic rings. The van der Waals surface area contributed by atoms with Gasteiger partial charge in [0, 0.05) is 5.54 Å². The number of halogens is 1. The Labute approximate surface area is 93.8 Å². The van der Waals surface area contributed by atoms with Crippen LogP contribution in [-0.4, -0.2) is 16.4 Å². The summed E-state index contributed by atoms with van der Waals surface area (Å²) < 4.78 is 0. The molecule has 0 aromatic carbocycles. The Kier molecular flexibility index (Phi) is 2.65. The van der Waals surface area contributed by atoms with E-state index in [9.17, 15) is 4.79 Å². The summed E-state index contributed by atoms with van der Waals surface area (Å²) in [5, 5.41) is 3.32. The molecular weight excluding hydrogens is 212 g/mol. The number of carbonyl (C=O) groups excluding carboxylic acids is 1. The summed E-state index contributed by atoms with van der Waals surface area (Å²) in [4.78, 5) is 15.7. The van der Waals surface area contributed by atoms with E-state index in [0.29, 0.717) is 10.8 Å². The van der Waals surface area contributed by atoms with Gasteiger partial charge in [0.1, 0.15) is 10.8 Å². The summed E-state index contributed by atoms with van der Waals surface area (Å²) in [6.45, 7) is 2.05. The van der Waals surface area contributed by atoms with Crippen molar-refractivity contribution in [2.24, 2.45) is 0 Å². The molecular formula is C11H13ClN2O. The van der Waals surface area contributed by atoms with Crippen molar-refractivity contribution >= 4 is 17.5 Å². The molecule has 3 nitrogen and oxygen atoms in total. The van der Waals surface area contributed by atoms with Gasteiger partial charge in [-0.1, -0.05) is 17.7 Å². The Balaban J connectivity index is 2.08. The molecule has 1 aliphatic carbocycles. The third kappa shape index (κ3) is 2.29. The lowest BCUT2D eigenvalue weighted by atomic mass is 9.78. The van der Waals surface area contributed by atoms with Gasteiger partial charge in [-0.25, -0.2) is 4.98 Å². The molecule has 0 spiro atoms. The maximum absolute atomic E-state index is 11.8. The Morgan fingerprint density at radius 1 is 1.53 bits per heavy atom. The first-order valence-corrected chi connectivity index (χ1v) is 5.42. The standard InChI is InChI=1S/C11H13ClN2O/c1-11(6-3-7-11)14-10(15)8-4-2-5-9(12)13-8/h2,4-5H,3,6-7H2,1H3,(H,14,15). The number of rotatable bonds is 2. The number of amides is 1. The Morgan fingerprint density at radius 3 is 2.80 bits per heavy atom. The fourth-order valence-electron chi connectivity index (χ4n) is 1.70. The van der Waals surface area contributed by atoms with Gasteiger partial charge in [-0.2, -0.15) is 0 Å². The summed E-state index contributed by atoms with van der Waals surface area (Å²) in [5.74, 6) is -0.139. The maximum atomic E-state index is 11.8. The number of aromatic nitrogens is 1. The van der Waals surface area contributed by atoms with Gasteiger partial charge in [-0.3, -0.25) is 4.79 Å². The van der Waals surface area contributed by atoms with E-state index in [1.165, 1.54) is 6.42 Å². The average Bonchev–Trinajstić information content (AvgIpc) is 2.15. The third-order valence-electron chi connectivity index (χ3n) is 2.82. The van der Waals surface area contributed by atoms with Crippen LogP contribution in [0, 0.1) is 0 Å². The third-order valence-corrected chi connectivity index (χ3v) is 3.03. The molecule has 0 unspecified atom stereocenters. The maximum Gasteiger partial charge on any atom is 0.270 e. The Hall–Kier alpha value is -1.09. The van der Waals surface area contributed by atoms with Crippen LogP contribution >= 0.6 is 11.6 Å². The van der Waals surface area contributed by atoms with Crippen molar-refractivity contribution in [1.82, 2.24) is 10.3 Å². The van der Waals surface area contributed by atoms with Crippen molar-refractivity contribution in [2.75, 3.05) is 0 Å². The molecule has 0 atom stereocenters. The predicted molar refractivity (Wildman–Crippen MR) is 59.0 cm³/mol. The van der Waals surface area contributed by atoms with Crippen LogP contribution in [0.15, 0.2) is 18.2 Å². The molecule has 1 heterocycles. The van der Waals surface area contributed by atoms with Crippen LogP contribution < -0.4 is 5.32 Å². The van der Waals surface area contributed by atoms with Gasteiger partial charge >= 0.3 is 0 Å². The molecule has 1 N–H and O–H groups in total. The second kappa shape index (κ2) is 3.81. The monoisotopic (exact) mass is 224 g/mol. The predicted octanol–water partition coefficient (Wildman–Crippen LogP) is 2.41. The van der Waals surface area contributed by atoms with E-state index in [-0.39, 0.29) is 11.4 Å². The van der Waals surface area contributed by atoms with Crippen molar-refractivity contribution in [3.05, 3.63) is 29.0 Å². The minimum absolute atomic E-state index is 0.0406. The zero-order valence-corrected chi connectivity index (χ0v) is 9.34. The molecule has 1 aliphatic rings.